The van der Waals surface area contributed by atoms with E-state index in [9.17, 15) is 14.9 Å². The van der Waals surface area contributed by atoms with Crippen molar-refractivity contribution in [2.45, 2.75) is 25.9 Å². The molecule has 2 heterocycles. The molecule has 4 rings (SSSR count). The van der Waals surface area contributed by atoms with Crippen LogP contribution >= 0.6 is 0 Å². The number of aryl methyl sites for hydroxylation is 2. The van der Waals surface area contributed by atoms with Gasteiger partial charge in [-0.1, -0.05) is 30.3 Å². The van der Waals surface area contributed by atoms with E-state index in [0.29, 0.717) is 17.7 Å². The molecular weight excluding hydrogens is 392 g/mol. The summed E-state index contributed by atoms with van der Waals surface area (Å²) in [6.07, 6.45) is 2.97. The highest BCUT2D eigenvalue weighted by atomic mass is 16.6. The second-order valence-electron chi connectivity index (χ2n) is 8.02. The molecule has 3 aromatic rings. The van der Waals surface area contributed by atoms with Gasteiger partial charge in [-0.05, 0) is 42.7 Å². The van der Waals surface area contributed by atoms with Gasteiger partial charge in [-0.2, -0.15) is 0 Å². The van der Waals surface area contributed by atoms with E-state index in [1.54, 1.807) is 19.1 Å². The van der Waals surface area contributed by atoms with E-state index in [1.165, 1.54) is 17.2 Å². The van der Waals surface area contributed by atoms with Crippen molar-refractivity contribution in [1.29, 1.82) is 0 Å². The van der Waals surface area contributed by atoms with Crippen molar-refractivity contribution in [3.8, 4) is 0 Å². The van der Waals surface area contributed by atoms with Crippen LogP contribution in [0.2, 0.25) is 0 Å². The Morgan fingerprint density at radius 1 is 1.16 bits per heavy atom. The monoisotopic (exact) mass is 418 g/mol. The summed E-state index contributed by atoms with van der Waals surface area (Å²) >= 11 is 0. The van der Waals surface area contributed by atoms with Crippen molar-refractivity contribution in [3.05, 3.63) is 98.9 Å². The van der Waals surface area contributed by atoms with E-state index in [2.05, 4.69) is 45.1 Å². The van der Waals surface area contributed by atoms with Crippen LogP contribution in [0.15, 0.2) is 60.8 Å². The molecule has 1 aliphatic rings. The zero-order chi connectivity index (χ0) is 22.0. The lowest BCUT2D eigenvalue weighted by molar-refractivity contribution is -0.385. The Labute approximate surface area is 181 Å². The fraction of sp³-hybridized carbons (Fsp3) is 0.292. The Morgan fingerprint density at radius 2 is 1.94 bits per heavy atom. The van der Waals surface area contributed by atoms with E-state index in [4.69, 9.17) is 0 Å². The van der Waals surface area contributed by atoms with Gasteiger partial charge in [0.15, 0.2) is 0 Å². The highest BCUT2D eigenvalue weighted by Crippen LogP contribution is 2.28. The quantitative estimate of drug-likeness (QED) is 0.488. The second kappa shape index (κ2) is 8.73. The molecule has 0 spiro atoms. The van der Waals surface area contributed by atoms with Crippen molar-refractivity contribution in [2.75, 3.05) is 13.1 Å². The number of aromatic nitrogens is 1. The summed E-state index contributed by atoms with van der Waals surface area (Å²) in [6, 6.07) is 17.1. The number of benzene rings is 2. The average Bonchev–Trinajstić information content (AvgIpc) is 3.19. The number of rotatable bonds is 6. The Morgan fingerprint density at radius 3 is 2.65 bits per heavy atom. The molecule has 1 unspecified atom stereocenters. The first-order valence-corrected chi connectivity index (χ1v) is 10.4. The number of amides is 1. The molecule has 1 aromatic heterocycles. The second-order valence-corrected chi connectivity index (χ2v) is 8.02. The van der Waals surface area contributed by atoms with Crippen molar-refractivity contribution in [2.24, 2.45) is 7.05 Å². The molecule has 0 aliphatic carbocycles. The van der Waals surface area contributed by atoms with Crippen LogP contribution < -0.4 is 5.32 Å². The number of fused-ring (bicyclic) bond motifs is 1. The van der Waals surface area contributed by atoms with E-state index >= 15 is 0 Å². The lowest BCUT2D eigenvalue weighted by Gasteiger charge is -2.36. The maximum atomic E-state index is 12.8. The molecule has 160 valence electrons. The molecule has 0 bridgehead atoms. The summed E-state index contributed by atoms with van der Waals surface area (Å²) in [5.41, 5.74) is 4.60. The van der Waals surface area contributed by atoms with E-state index in [1.807, 2.05) is 19.3 Å². The molecule has 1 aliphatic heterocycles. The van der Waals surface area contributed by atoms with Crippen LogP contribution in [0.1, 0.15) is 38.8 Å². The van der Waals surface area contributed by atoms with Gasteiger partial charge in [0.05, 0.1) is 11.0 Å². The Kier molecular flexibility index (Phi) is 5.86. The van der Waals surface area contributed by atoms with Crippen LogP contribution in [0, 0.1) is 17.0 Å². The zero-order valence-electron chi connectivity index (χ0n) is 17.7. The standard InChI is InChI=1S/C24H26N4O3/c1-17-9-10-19(14-22(17)28(30)31)24(29)25-15-23(21-8-5-12-26(21)2)27-13-11-18-6-3-4-7-20(18)16-27/h3-10,12,14,23H,11,13,15-16H2,1-2H3,(H,25,29). The summed E-state index contributed by atoms with van der Waals surface area (Å²) in [7, 11) is 2.01. The molecule has 1 atom stereocenters. The molecular formula is C24H26N4O3. The number of nitrogens with one attached hydrogen (secondary N) is 1. The molecule has 2 aromatic carbocycles. The van der Waals surface area contributed by atoms with Gasteiger partial charge in [0, 0.05) is 55.8 Å². The van der Waals surface area contributed by atoms with Crippen molar-refractivity contribution in [3.63, 3.8) is 0 Å². The summed E-state index contributed by atoms with van der Waals surface area (Å²) < 4.78 is 2.08. The predicted molar refractivity (Wildman–Crippen MR) is 119 cm³/mol. The van der Waals surface area contributed by atoms with E-state index in [-0.39, 0.29) is 17.6 Å². The molecule has 0 saturated heterocycles. The number of nitro groups is 1. The first-order valence-electron chi connectivity index (χ1n) is 10.4. The molecule has 1 amide bonds. The smallest absolute Gasteiger partial charge is 0.273 e. The van der Waals surface area contributed by atoms with Crippen molar-refractivity contribution in [1.82, 2.24) is 14.8 Å². The molecule has 7 nitrogen and oxygen atoms in total. The molecule has 1 N–H and O–H groups in total. The zero-order valence-corrected chi connectivity index (χ0v) is 17.7. The third-order valence-electron chi connectivity index (χ3n) is 6.05. The van der Waals surface area contributed by atoms with Gasteiger partial charge in [-0.25, -0.2) is 0 Å². The summed E-state index contributed by atoms with van der Waals surface area (Å²) in [5, 5.41) is 14.2. The fourth-order valence-electron chi connectivity index (χ4n) is 4.26. The first kappa shape index (κ1) is 20.8. The van der Waals surface area contributed by atoms with Gasteiger partial charge in [0.2, 0.25) is 0 Å². The van der Waals surface area contributed by atoms with Crippen LogP contribution in [0.3, 0.4) is 0 Å². The predicted octanol–water partition coefficient (Wildman–Crippen LogP) is 3.77. The largest absolute Gasteiger partial charge is 0.353 e. The van der Waals surface area contributed by atoms with E-state index in [0.717, 1.165) is 25.2 Å². The third-order valence-corrected chi connectivity index (χ3v) is 6.05. The minimum absolute atomic E-state index is 0.00209. The Hall–Kier alpha value is -3.45. The number of nitro benzene ring substituents is 1. The van der Waals surface area contributed by atoms with Gasteiger partial charge in [-0.15, -0.1) is 0 Å². The van der Waals surface area contributed by atoms with Crippen LogP contribution in [0.25, 0.3) is 0 Å². The minimum Gasteiger partial charge on any atom is -0.353 e. The highest BCUT2D eigenvalue weighted by Gasteiger charge is 2.27. The summed E-state index contributed by atoms with van der Waals surface area (Å²) in [6.45, 7) is 3.80. The van der Waals surface area contributed by atoms with Crippen LogP contribution in [-0.2, 0) is 20.0 Å². The molecule has 0 saturated carbocycles. The lowest BCUT2D eigenvalue weighted by Crippen LogP contribution is -2.41. The molecule has 0 fully saturated rings. The minimum atomic E-state index is -0.454. The summed E-state index contributed by atoms with van der Waals surface area (Å²) in [4.78, 5) is 26.0. The average molecular weight is 418 g/mol. The van der Waals surface area contributed by atoms with Crippen LogP contribution in [0.5, 0.6) is 0 Å². The highest BCUT2D eigenvalue weighted by molar-refractivity contribution is 5.95. The van der Waals surface area contributed by atoms with Gasteiger partial charge < -0.3 is 9.88 Å². The van der Waals surface area contributed by atoms with Crippen molar-refractivity contribution < 1.29 is 9.72 Å². The third kappa shape index (κ3) is 4.36. The number of carbonyl (C=O) groups is 1. The molecule has 0 radical (unpaired) electrons. The number of hydrogen-bond donors (Lipinski definition) is 1. The fourth-order valence-corrected chi connectivity index (χ4v) is 4.26. The van der Waals surface area contributed by atoms with Gasteiger partial charge in [0.1, 0.15) is 0 Å². The van der Waals surface area contributed by atoms with Gasteiger partial charge >= 0.3 is 0 Å². The van der Waals surface area contributed by atoms with E-state index < -0.39 is 4.92 Å². The SMILES string of the molecule is Cc1ccc(C(=O)NCC(c2cccn2C)N2CCc3ccccc3C2)cc1[N+](=O)[O-]. The molecule has 7 heteroatoms. The number of carbonyl (C=O) groups excluding carboxylic acids is 1. The summed E-state index contributed by atoms with van der Waals surface area (Å²) in [5.74, 6) is -0.306. The maximum Gasteiger partial charge on any atom is 0.273 e. The first-order chi connectivity index (χ1) is 14.9. The van der Waals surface area contributed by atoms with Gasteiger partial charge in [0.25, 0.3) is 11.6 Å². The van der Waals surface area contributed by atoms with Gasteiger partial charge in [-0.3, -0.25) is 19.8 Å². The number of nitrogens with zero attached hydrogens (tertiary/aromatic N) is 3. The van der Waals surface area contributed by atoms with Crippen molar-refractivity contribution >= 4 is 11.6 Å². The van der Waals surface area contributed by atoms with Crippen LogP contribution in [-0.4, -0.2) is 33.4 Å². The number of hydrogen-bond acceptors (Lipinski definition) is 4. The Bertz CT molecular complexity index is 1120. The maximum absolute atomic E-state index is 12.8. The Balaban J connectivity index is 1.54. The van der Waals surface area contributed by atoms with Crippen LogP contribution in [0.4, 0.5) is 5.69 Å². The normalized spacial score (nSPS) is 14.6. The lowest BCUT2D eigenvalue weighted by atomic mass is 9.97. The topological polar surface area (TPSA) is 80.4 Å². The molecule has 31 heavy (non-hydrogen) atoms.